The predicted octanol–water partition coefficient (Wildman–Crippen LogP) is 7.18. The lowest BCUT2D eigenvalue weighted by Crippen LogP contribution is -2.47. The molecule has 0 bridgehead atoms. The molecule has 14 heteroatoms. The highest BCUT2D eigenvalue weighted by Crippen LogP contribution is 2.45. The van der Waals surface area contributed by atoms with E-state index in [4.69, 9.17) is 18.9 Å². The van der Waals surface area contributed by atoms with Crippen LogP contribution in [0.5, 0.6) is 11.5 Å². The molecule has 1 unspecified atom stereocenters. The Morgan fingerprint density at radius 1 is 0.836 bits per heavy atom. The molecule has 0 aliphatic carbocycles. The van der Waals surface area contributed by atoms with E-state index >= 15 is 0 Å². The van der Waals surface area contributed by atoms with Crippen molar-refractivity contribution >= 4 is 14.4 Å². The molecule has 322 valence electrons. The zero-order chi connectivity index (χ0) is 44.2. The largest absolute Gasteiger partial charge is 0.497 e. The van der Waals surface area contributed by atoms with E-state index in [0.29, 0.717) is 35.3 Å². The first-order valence-corrected chi connectivity index (χ1v) is 21.4. The van der Waals surface area contributed by atoms with E-state index in [1.807, 2.05) is 99.6 Å². The standard InChI is InChI=1S/C47H55N4O9P/c1-34(2)51(61(55)56)46(4,27-13-29-48)28-26-42(59-31-30-49-32-35(3)43(52)50(45(49)54)44(53)36-14-9-7-10-15-36)33-60-47(37-16-11-8-12-17-37,38-18-22-40(57-5)23-19-38)39-20-24-41(58-6)25-21-39/h7-12,14-25,32,34,42,55-56H,13,26-28,30-31,33H2,1-6H3/t42?,46-/m0/s1. The molecule has 0 spiro atoms. The topological polar surface area (TPSA) is 165 Å². The number of carbonyl (C=O) groups is 1. The first-order valence-electron chi connectivity index (χ1n) is 20.2. The molecule has 0 saturated heterocycles. The van der Waals surface area contributed by atoms with E-state index in [1.54, 1.807) is 56.1 Å². The number of carbonyl (C=O) groups excluding carboxylic acids is 1. The summed E-state index contributed by atoms with van der Waals surface area (Å²) in [5, 5.41) is 9.61. The van der Waals surface area contributed by atoms with Gasteiger partial charge in [0, 0.05) is 35.3 Å². The molecule has 1 heterocycles. The van der Waals surface area contributed by atoms with Crippen LogP contribution in [0.1, 0.15) is 79.1 Å². The van der Waals surface area contributed by atoms with E-state index in [0.717, 1.165) is 16.7 Å². The summed E-state index contributed by atoms with van der Waals surface area (Å²) >= 11 is 0. The van der Waals surface area contributed by atoms with Gasteiger partial charge >= 0.3 is 5.69 Å². The Kier molecular flexibility index (Phi) is 16.3. The van der Waals surface area contributed by atoms with Gasteiger partial charge in [-0.3, -0.25) is 14.2 Å². The van der Waals surface area contributed by atoms with E-state index in [9.17, 15) is 29.4 Å². The fourth-order valence-corrected chi connectivity index (χ4v) is 8.85. The summed E-state index contributed by atoms with van der Waals surface area (Å²) in [5.41, 5.74) is -0.610. The van der Waals surface area contributed by atoms with Crippen molar-refractivity contribution in [3.63, 3.8) is 0 Å². The number of hydrogen-bond acceptors (Lipinski definition) is 11. The van der Waals surface area contributed by atoms with Crippen molar-refractivity contribution in [3.8, 4) is 17.6 Å². The molecule has 2 N–H and O–H groups in total. The third-order valence-electron chi connectivity index (χ3n) is 10.9. The van der Waals surface area contributed by atoms with E-state index < -0.39 is 42.9 Å². The molecule has 0 fully saturated rings. The molecule has 61 heavy (non-hydrogen) atoms. The Morgan fingerprint density at radius 3 is 1.89 bits per heavy atom. The number of nitriles is 1. The fraction of sp³-hybridized carbons (Fsp3) is 0.362. The lowest BCUT2D eigenvalue weighted by molar-refractivity contribution is -0.0727. The van der Waals surface area contributed by atoms with Crippen LogP contribution in [0.4, 0.5) is 0 Å². The minimum atomic E-state index is -2.50. The lowest BCUT2D eigenvalue weighted by atomic mass is 9.80. The highest BCUT2D eigenvalue weighted by atomic mass is 31.2. The molecule has 4 aromatic carbocycles. The van der Waals surface area contributed by atoms with Gasteiger partial charge in [0.1, 0.15) is 17.1 Å². The Balaban J connectivity index is 1.56. The number of benzene rings is 4. The normalized spacial score (nSPS) is 13.2. The monoisotopic (exact) mass is 850 g/mol. The van der Waals surface area contributed by atoms with Crippen LogP contribution in [-0.2, 0) is 21.6 Å². The molecular formula is C47H55N4O9P. The molecule has 0 radical (unpaired) electrons. The molecule has 0 aliphatic rings. The van der Waals surface area contributed by atoms with E-state index in [1.165, 1.54) is 10.8 Å². The van der Waals surface area contributed by atoms with E-state index in [-0.39, 0.29) is 43.3 Å². The van der Waals surface area contributed by atoms with Crippen LogP contribution >= 0.6 is 8.53 Å². The van der Waals surface area contributed by atoms with Crippen molar-refractivity contribution < 1.29 is 33.5 Å². The van der Waals surface area contributed by atoms with Gasteiger partial charge in [-0.15, -0.1) is 0 Å². The van der Waals surface area contributed by atoms with Crippen molar-refractivity contribution in [2.45, 2.75) is 83.2 Å². The van der Waals surface area contributed by atoms with Gasteiger partial charge in [-0.25, -0.2) is 9.46 Å². The summed E-state index contributed by atoms with van der Waals surface area (Å²) < 4.78 is 28.5. The Hall–Kier alpha value is -5.45. The quantitative estimate of drug-likeness (QED) is 0.0568. The summed E-state index contributed by atoms with van der Waals surface area (Å²) in [5.74, 6) is 0.611. The van der Waals surface area contributed by atoms with Gasteiger partial charge in [0.05, 0.1) is 46.2 Å². The number of hydrogen-bond donors (Lipinski definition) is 2. The number of rotatable bonds is 21. The molecule has 0 aliphatic heterocycles. The first-order chi connectivity index (χ1) is 29.3. The summed E-state index contributed by atoms with van der Waals surface area (Å²) in [7, 11) is 0.708. The second kappa shape index (κ2) is 21.4. The lowest BCUT2D eigenvalue weighted by Gasteiger charge is -2.44. The molecule has 5 aromatic rings. The molecule has 2 atom stereocenters. The fourth-order valence-electron chi connectivity index (χ4n) is 7.81. The van der Waals surface area contributed by atoms with Gasteiger partial charge in [-0.05, 0) is 100 Å². The minimum absolute atomic E-state index is 0.00170. The zero-order valence-electron chi connectivity index (χ0n) is 35.6. The van der Waals surface area contributed by atoms with Crippen molar-refractivity contribution in [2.75, 3.05) is 27.4 Å². The van der Waals surface area contributed by atoms with E-state index in [2.05, 4.69) is 6.07 Å². The number of ether oxygens (including phenoxy) is 4. The van der Waals surface area contributed by atoms with Crippen molar-refractivity contribution in [2.24, 2.45) is 0 Å². The van der Waals surface area contributed by atoms with Crippen LogP contribution in [0, 0.1) is 18.3 Å². The summed E-state index contributed by atoms with van der Waals surface area (Å²) in [6.45, 7) is 7.24. The molecule has 5 rings (SSSR count). The van der Waals surface area contributed by atoms with Crippen molar-refractivity contribution in [3.05, 3.63) is 164 Å². The summed E-state index contributed by atoms with van der Waals surface area (Å²) in [4.78, 5) is 61.6. The summed E-state index contributed by atoms with van der Waals surface area (Å²) in [6.07, 6.45) is 2.08. The Morgan fingerprint density at radius 2 is 1.38 bits per heavy atom. The third-order valence-corrected chi connectivity index (χ3v) is 12.2. The average Bonchev–Trinajstić information content (AvgIpc) is 3.27. The molecule has 1 aromatic heterocycles. The van der Waals surface area contributed by atoms with Crippen LogP contribution < -0.4 is 20.7 Å². The average molecular weight is 851 g/mol. The van der Waals surface area contributed by atoms with Crippen LogP contribution in [0.15, 0.2) is 125 Å². The second-order valence-corrected chi connectivity index (χ2v) is 16.3. The Labute approximate surface area is 358 Å². The maximum absolute atomic E-state index is 13.7. The summed E-state index contributed by atoms with van der Waals surface area (Å²) in [6, 6.07) is 35.2. The van der Waals surface area contributed by atoms with Gasteiger partial charge in [-0.2, -0.15) is 9.83 Å². The van der Waals surface area contributed by atoms with Gasteiger partial charge in [-0.1, -0.05) is 72.8 Å². The second-order valence-electron chi connectivity index (χ2n) is 15.3. The molecule has 13 nitrogen and oxygen atoms in total. The SMILES string of the molecule is COc1ccc(C(OCC(CC[C@](C)(CCC#N)N(C(C)C)P(O)O)OCCn2cc(C)c(=O)n(C(=O)c3ccccc3)c2=O)(c2ccccc2)c2ccc(OC)cc2)cc1. The highest BCUT2D eigenvalue weighted by molar-refractivity contribution is 7.42. The van der Waals surface area contributed by atoms with Gasteiger partial charge in [0.25, 0.3) is 20.0 Å². The number of aryl methyl sites for hydroxylation is 1. The number of aromatic nitrogens is 2. The zero-order valence-corrected chi connectivity index (χ0v) is 36.5. The third kappa shape index (κ3) is 10.9. The van der Waals surface area contributed by atoms with Crippen LogP contribution in [0.25, 0.3) is 0 Å². The Bertz CT molecular complexity index is 2290. The minimum Gasteiger partial charge on any atom is -0.497 e. The smallest absolute Gasteiger partial charge is 0.338 e. The predicted molar refractivity (Wildman–Crippen MR) is 235 cm³/mol. The maximum Gasteiger partial charge on any atom is 0.338 e. The van der Waals surface area contributed by atoms with Gasteiger partial charge in [0.15, 0.2) is 0 Å². The first kappa shape index (κ1) is 46.6. The highest BCUT2D eigenvalue weighted by Gasteiger charge is 2.41. The van der Waals surface area contributed by atoms with Crippen LogP contribution in [-0.4, -0.2) is 74.6 Å². The van der Waals surface area contributed by atoms with Crippen molar-refractivity contribution in [1.29, 1.82) is 5.26 Å². The molecule has 0 saturated carbocycles. The van der Waals surface area contributed by atoms with Gasteiger partial charge in [0.2, 0.25) is 0 Å². The maximum atomic E-state index is 13.7. The van der Waals surface area contributed by atoms with Crippen molar-refractivity contribution in [1.82, 2.24) is 13.8 Å². The van der Waals surface area contributed by atoms with Crippen LogP contribution in [0.3, 0.4) is 0 Å². The number of nitrogens with zero attached hydrogens (tertiary/aromatic N) is 4. The van der Waals surface area contributed by atoms with Gasteiger partial charge < -0.3 is 28.7 Å². The van der Waals surface area contributed by atoms with Crippen LogP contribution in [0.2, 0.25) is 0 Å². The molecular weight excluding hydrogens is 796 g/mol. The molecule has 0 amide bonds. The number of methoxy groups -OCH3 is 2.